The van der Waals surface area contributed by atoms with E-state index in [1.165, 1.54) is 17.7 Å². The smallest absolute Gasteiger partial charge is 0.331 e. The van der Waals surface area contributed by atoms with Gasteiger partial charge in [-0.25, -0.2) is 9.59 Å². The molecule has 4 fully saturated rings. The second-order valence-electron chi connectivity index (χ2n) is 11.6. The number of allylic oxidation sites excluding steroid dienone is 3. The van der Waals surface area contributed by atoms with E-state index in [-0.39, 0.29) is 24.9 Å². The van der Waals surface area contributed by atoms with Gasteiger partial charge in [-0.15, -0.1) is 0 Å². The third-order valence-electron chi connectivity index (χ3n) is 9.50. The molecule has 2 spiro atoms. The molecule has 3 saturated heterocycles. The summed E-state index contributed by atoms with van der Waals surface area (Å²) in [6.45, 7) is 7.40. The Morgan fingerprint density at radius 1 is 1.00 bits per heavy atom. The first-order chi connectivity index (χ1) is 17.8. The monoisotopic (exact) mass is 512 g/mol. The molecule has 8 nitrogen and oxygen atoms in total. The lowest BCUT2D eigenvalue weighted by Gasteiger charge is -2.58. The molecule has 0 amide bonds. The highest BCUT2D eigenvalue weighted by Gasteiger charge is 2.83. The van der Waals surface area contributed by atoms with Crippen LogP contribution in [-0.2, 0) is 38.0 Å². The minimum Gasteiger partial charge on any atom is -0.462 e. The second-order valence-corrected chi connectivity index (χ2v) is 11.6. The van der Waals surface area contributed by atoms with Gasteiger partial charge in [0.25, 0.3) is 0 Å². The van der Waals surface area contributed by atoms with Crippen molar-refractivity contribution in [2.45, 2.75) is 89.2 Å². The zero-order valence-corrected chi connectivity index (χ0v) is 21.8. The van der Waals surface area contributed by atoms with E-state index in [2.05, 4.69) is 19.9 Å². The van der Waals surface area contributed by atoms with Crippen LogP contribution in [0.15, 0.2) is 47.6 Å². The van der Waals surface area contributed by atoms with Crippen LogP contribution in [0.25, 0.3) is 0 Å². The van der Waals surface area contributed by atoms with Crippen LogP contribution in [0, 0.1) is 10.8 Å². The number of epoxide rings is 1. The summed E-state index contributed by atoms with van der Waals surface area (Å²) in [5.41, 5.74) is 0.378. The Labute approximate surface area is 217 Å². The van der Waals surface area contributed by atoms with Crippen molar-refractivity contribution in [1.82, 2.24) is 0 Å². The molecular formula is C29H36O8. The maximum absolute atomic E-state index is 13.0. The van der Waals surface area contributed by atoms with E-state index in [0.29, 0.717) is 26.1 Å². The highest BCUT2D eigenvalue weighted by molar-refractivity contribution is 5.83. The van der Waals surface area contributed by atoms with Crippen LogP contribution in [0.5, 0.6) is 0 Å². The normalized spacial score (nSPS) is 47.4. The number of hydrogen-bond donors (Lipinski definition) is 0. The van der Waals surface area contributed by atoms with E-state index in [0.717, 1.165) is 24.8 Å². The largest absolute Gasteiger partial charge is 0.462 e. The molecule has 2 unspecified atom stereocenters. The molecule has 0 aromatic rings. The van der Waals surface area contributed by atoms with E-state index in [1.807, 2.05) is 19.1 Å². The van der Waals surface area contributed by atoms with Crippen molar-refractivity contribution in [3.05, 3.63) is 47.6 Å². The van der Waals surface area contributed by atoms with Crippen molar-refractivity contribution in [3.63, 3.8) is 0 Å². The van der Waals surface area contributed by atoms with E-state index in [9.17, 15) is 9.59 Å². The summed E-state index contributed by atoms with van der Waals surface area (Å²) in [5.74, 6) is -0.813. The van der Waals surface area contributed by atoms with E-state index in [4.69, 9.17) is 28.4 Å². The Hall–Kier alpha value is -2.26. The van der Waals surface area contributed by atoms with Gasteiger partial charge in [-0.2, -0.15) is 0 Å². The molecule has 4 bridgehead atoms. The topological polar surface area (TPSA) is 92.8 Å². The predicted molar refractivity (Wildman–Crippen MR) is 132 cm³/mol. The molecule has 0 aromatic heterocycles. The first-order valence-corrected chi connectivity index (χ1v) is 13.4. The summed E-state index contributed by atoms with van der Waals surface area (Å²) in [6, 6.07) is 0. The average Bonchev–Trinajstić information content (AvgIpc) is 3.63. The van der Waals surface area contributed by atoms with Crippen molar-refractivity contribution in [3.8, 4) is 0 Å². The molecule has 1 saturated carbocycles. The van der Waals surface area contributed by atoms with Gasteiger partial charge in [-0.05, 0) is 26.7 Å². The van der Waals surface area contributed by atoms with Gasteiger partial charge in [-0.1, -0.05) is 42.4 Å². The fourth-order valence-corrected chi connectivity index (χ4v) is 7.27. The number of hydrogen-bond acceptors (Lipinski definition) is 8. The predicted octanol–water partition coefficient (Wildman–Crippen LogP) is 3.71. The van der Waals surface area contributed by atoms with Crippen LogP contribution in [0.3, 0.4) is 0 Å². The molecule has 8 heteroatoms. The van der Waals surface area contributed by atoms with Gasteiger partial charge < -0.3 is 28.4 Å². The fourth-order valence-electron chi connectivity index (χ4n) is 7.27. The molecule has 2 aliphatic carbocycles. The third kappa shape index (κ3) is 4.04. The molecule has 6 aliphatic rings. The molecule has 200 valence electrons. The number of carbonyl (C=O) groups is 2. The van der Waals surface area contributed by atoms with Crippen LogP contribution >= 0.6 is 0 Å². The second kappa shape index (κ2) is 9.19. The summed E-state index contributed by atoms with van der Waals surface area (Å²) < 4.78 is 36.6. The lowest BCUT2D eigenvalue weighted by atomic mass is 9.51. The number of fused-ring (bicyclic) bond motifs is 2. The number of rotatable bonds is 0. The SMILES string of the molecule is CC1=C[C@H]2O[C@@H]3C[C@H]4OC(=O)/C=C\C=C\C5CCOC(CC(C)=CC(=O)OC[C@@]2(CC1)[C@]4(C)[C@]31CO1)O5. The van der Waals surface area contributed by atoms with Gasteiger partial charge >= 0.3 is 11.9 Å². The lowest BCUT2D eigenvalue weighted by molar-refractivity contribution is -0.232. The molecule has 8 atom stereocenters. The summed E-state index contributed by atoms with van der Waals surface area (Å²) in [6.07, 6.45) is 12.5. The van der Waals surface area contributed by atoms with Gasteiger partial charge in [0.2, 0.25) is 0 Å². The minimum atomic E-state index is -0.587. The zero-order valence-electron chi connectivity index (χ0n) is 21.8. The van der Waals surface area contributed by atoms with E-state index in [1.54, 1.807) is 6.08 Å². The van der Waals surface area contributed by atoms with Crippen molar-refractivity contribution in [1.29, 1.82) is 0 Å². The van der Waals surface area contributed by atoms with Crippen molar-refractivity contribution >= 4 is 11.9 Å². The number of cyclic esters (lactones) is 1. The minimum absolute atomic E-state index is 0.130. The summed E-state index contributed by atoms with van der Waals surface area (Å²) in [5, 5.41) is 0. The van der Waals surface area contributed by atoms with Crippen LogP contribution in [0.1, 0.15) is 52.9 Å². The van der Waals surface area contributed by atoms with Crippen molar-refractivity contribution < 1.29 is 38.0 Å². The fraction of sp³-hybridized carbons (Fsp3) is 0.655. The highest BCUT2D eigenvalue weighted by Crippen LogP contribution is 2.72. The number of ether oxygens (including phenoxy) is 6. The molecule has 6 rings (SSSR count). The summed E-state index contributed by atoms with van der Waals surface area (Å²) in [4.78, 5) is 26.0. The van der Waals surface area contributed by atoms with Crippen LogP contribution in [0.4, 0.5) is 0 Å². The van der Waals surface area contributed by atoms with Crippen LogP contribution in [0.2, 0.25) is 0 Å². The molecule has 4 aliphatic heterocycles. The Kier molecular flexibility index (Phi) is 6.22. The lowest BCUT2D eigenvalue weighted by Crippen LogP contribution is -2.66. The van der Waals surface area contributed by atoms with Crippen LogP contribution in [-0.4, -0.2) is 68.1 Å². The summed E-state index contributed by atoms with van der Waals surface area (Å²) >= 11 is 0. The standard InChI is InChI=1S/C29H36O8/c1-18-8-10-28-16-33-25(31)13-19(2)14-26-32-11-9-20(35-26)6-4-5-7-24(30)37-21-15-23(36-22(28)12-18)29(17-34-29)27(21,28)3/h4-7,12-13,20-23,26H,8-11,14-17H2,1-3H3/b6-4+,7-5-,19-13?/t20?,21-,22-,23-,26?,27-,28-,29+/m1/s1. The van der Waals surface area contributed by atoms with Gasteiger partial charge in [0.05, 0.1) is 36.9 Å². The van der Waals surface area contributed by atoms with E-state index >= 15 is 0 Å². The van der Waals surface area contributed by atoms with Gasteiger partial charge in [0.15, 0.2) is 6.29 Å². The average molecular weight is 513 g/mol. The Morgan fingerprint density at radius 2 is 1.84 bits per heavy atom. The maximum atomic E-state index is 13.0. The van der Waals surface area contributed by atoms with Crippen molar-refractivity contribution in [2.75, 3.05) is 19.8 Å². The van der Waals surface area contributed by atoms with Crippen molar-refractivity contribution in [2.24, 2.45) is 10.8 Å². The molecule has 0 radical (unpaired) electrons. The first-order valence-electron chi connectivity index (χ1n) is 13.4. The Bertz CT molecular complexity index is 1080. The molecule has 0 N–H and O–H groups in total. The zero-order chi connectivity index (χ0) is 25.8. The molecule has 37 heavy (non-hydrogen) atoms. The summed E-state index contributed by atoms with van der Waals surface area (Å²) in [7, 11) is 0. The van der Waals surface area contributed by atoms with Gasteiger partial charge in [0.1, 0.15) is 18.3 Å². The molecule has 0 aromatic carbocycles. The number of carbonyl (C=O) groups excluding carboxylic acids is 2. The number of esters is 2. The highest BCUT2D eigenvalue weighted by atomic mass is 16.7. The van der Waals surface area contributed by atoms with Gasteiger partial charge in [0, 0.05) is 36.8 Å². The van der Waals surface area contributed by atoms with Gasteiger partial charge in [-0.3, -0.25) is 0 Å². The Balaban J connectivity index is 1.37. The third-order valence-corrected chi connectivity index (χ3v) is 9.50. The Morgan fingerprint density at radius 3 is 2.65 bits per heavy atom. The molecular weight excluding hydrogens is 476 g/mol. The van der Waals surface area contributed by atoms with E-state index < -0.39 is 40.8 Å². The quantitative estimate of drug-likeness (QED) is 0.276. The first kappa shape index (κ1) is 25.0. The van der Waals surface area contributed by atoms with Crippen LogP contribution < -0.4 is 0 Å². The maximum Gasteiger partial charge on any atom is 0.331 e. The molecule has 4 heterocycles.